The molecule has 1 amide bonds. The van der Waals surface area contributed by atoms with Crippen molar-refractivity contribution in [1.29, 1.82) is 0 Å². The summed E-state index contributed by atoms with van der Waals surface area (Å²) in [5.41, 5.74) is 3.62. The fourth-order valence-electron chi connectivity index (χ4n) is 4.72. The number of carbonyl (C=O) groups excluding carboxylic acids is 1. The first kappa shape index (κ1) is 19.1. The lowest BCUT2D eigenvalue weighted by Gasteiger charge is -2.34. The van der Waals surface area contributed by atoms with Crippen LogP contribution in [0.4, 0.5) is 14.5 Å². The molecule has 3 nitrogen and oxygen atoms in total. The Labute approximate surface area is 164 Å². The monoisotopic (exact) mass is 384 g/mol. The molecule has 0 bridgehead atoms. The fourth-order valence-corrected chi connectivity index (χ4v) is 4.72. The first-order valence-electron chi connectivity index (χ1n) is 10.1. The van der Waals surface area contributed by atoms with Crippen molar-refractivity contribution in [3.05, 3.63) is 64.7 Å². The predicted octanol–water partition coefficient (Wildman–Crippen LogP) is 4.83. The number of anilines is 1. The van der Waals surface area contributed by atoms with Gasteiger partial charge in [0.25, 0.3) is 0 Å². The maximum atomic E-state index is 14.4. The lowest BCUT2D eigenvalue weighted by Crippen LogP contribution is -2.35. The molecule has 1 aliphatic heterocycles. The van der Waals surface area contributed by atoms with Crippen LogP contribution in [0.5, 0.6) is 0 Å². The van der Waals surface area contributed by atoms with Gasteiger partial charge in [-0.3, -0.25) is 4.79 Å². The summed E-state index contributed by atoms with van der Waals surface area (Å²) in [6.07, 6.45) is 3.84. The van der Waals surface area contributed by atoms with Crippen molar-refractivity contribution in [2.45, 2.75) is 44.4 Å². The van der Waals surface area contributed by atoms with E-state index < -0.39 is 0 Å². The van der Waals surface area contributed by atoms with Crippen molar-refractivity contribution < 1.29 is 13.6 Å². The number of amides is 1. The van der Waals surface area contributed by atoms with E-state index in [1.54, 1.807) is 12.1 Å². The topological polar surface area (TPSA) is 32.3 Å². The normalized spacial score (nSPS) is 20.2. The van der Waals surface area contributed by atoms with Gasteiger partial charge < -0.3 is 10.2 Å². The van der Waals surface area contributed by atoms with Gasteiger partial charge in [-0.1, -0.05) is 12.1 Å². The molecule has 1 atom stereocenters. The van der Waals surface area contributed by atoms with Gasteiger partial charge in [-0.05, 0) is 91.6 Å². The van der Waals surface area contributed by atoms with Crippen molar-refractivity contribution >= 4 is 11.6 Å². The van der Waals surface area contributed by atoms with Gasteiger partial charge in [0.15, 0.2) is 0 Å². The molecule has 0 radical (unpaired) electrons. The minimum atomic E-state index is -0.209. The second-order valence-electron chi connectivity index (χ2n) is 8.07. The van der Waals surface area contributed by atoms with Crippen LogP contribution in [0.15, 0.2) is 36.4 Å². The molecular weight excluding hydrogens is 358 g/mol. The smallest absolute Gasteiger partial charge is 0.221 e. The molecule has 2 aliphatic rings. The number of fused-ring (bicyclic) bond motifs is 1. The first-order chi connectivity index (χ1) is 13.5. The molecule has 1 aliphatic carbocycles. The Balaban J connectivity index is 1.40. The van der Waals surface area contributed by atoms with Gasteiger partial charge in [0, 0.05) is 19.2 Å². The second-order valence-corrected chi connectivity index (χ2v) is 8.07. The van der Waals surface area contributed by atoms with E-state index in [4.69, 9.17) is 0 Å². The molecular formula is C23H26F2N2O. The Bertz CT molecular complexity index is 858. The van der Waals surface area contributed by atoms with Crippen LogP contribution in [-0.2, 0) is 11.2 Å². The van der Waals surface area contributed by atoms with E-state index in [2.05, 4.69) is 10.2 Å². The van der Waals surface area contributed by atoms with E-state index in [1.807, 2.05) is 18.2 Å². The summed E-state index contributed by atoms with van der Waals surface area (Å²) < 4.78 is 27.6. The maximum Gasteiger partial charge on any atom is 0.221 e. The Morgan fingerprint density at radius 1 is 1.11 bits per heavy atom. The largest absolute Gasteiger partial charge is 0.326 e. The summed E-state index contributed by atoms with van der Waals surface area (Å²) in [5.74, 6) is 0.208. The molecule has 5 heteroatoms. The highest BCUT2D eigenvalue weighted by molar-refractivity contribution is 5.88. The molecule has 1 unspecified atom stereocenters. The van der Waals surface area contributed by atoms with Crippen LogP contribution in [0.1, 0.15) is 54.7 Å². The van der Waals surface area contributed by atoms with E-state index in [1.165, 1.54) is 18.6 Å². The van der Waals surface area contributed by atoms with E-state index >= 15 is 0 Å². The number of piperidine rings is 1. The van der Waals surface area contributed by atoms with Crippen LogP contribution in [0.2, 0.25) is 0 Å². The Morgan fingerprint density at radius 2 is 1.82 bits per heavy atom. The van der Waals surface area contributed by atoms with Crippen LogP contribution in [0, 0.1) is 11.6 Å². The average molecular weight is 384 g/mol. The molecule has 4 rings (SSSR count). The number of carbonyl (C=O) groups is 1. The zero-order valence-electron chi connectivity index (χ0n) is 16.2. The SMILES string of the molecule is CC(=O)Nc1cc(F)c2c(c1)C(CN1CCC(c3ccc(F)cc3)CC1)CC2. The van der Waals surface area contributed by atoms with Gasteiger partial charge >= 0.3 is 0 Å². The minimum absolute atomic E-state index is 0.184. The summed E-state index contributed by atoms with van der Waals surface area (Å²) in [6.45, 7) is 4.36. The minimum Gasteiger partial charge on any atom is -0.326 e. The Hall–Kier alpha value is -2.27. The standard InChI is InChI=1S/C23H26F2N2O/c1-15(28)26-20-12-22-18(4-7-21(22)23(25)13-20)14-27-10-8-17(9-11-27)16-2-5-19(24)6-3-16/h2-3,5-6,12-13,17-18H,4,7-11,14H2,1H3,(H,26,28). The van der Waals surface area contributed by atoms with Crippen LogP contribution < -0.4 is 5.32 Å². The summed E-state index contributed by atoms with van der Waals surface area (Å²) in [7, 11) is 0. The maximum absolute atomic E-state index is 14.4. The molecule has 1 saturated heterocycles. The number of halogens is 2. The van der Waals surface area contributed by atoms with Crippen molar-refractivity contribution in [3.8, 4) is 0 Å². The Morgan fingerprint density at radius 3 is 2.50 bits per heavy atom. The highest BCUT2D eigenvalue weighted by Gasteiger charge is 2.29. The molecule has 28 heavy (non-hydrogen) atoms. The van der Waals surface area contributed by atoms with Crippen LogP contribution in [0.3, 0.4) is 0 Å². The van der Waals surface area contributed by atoms with Crippen molar-refractivity contribution in [1.82, 2.24) is 4.90 Å². The summed E-state index contributed by atoms with van der Waals surface area (Å²) in [6, 6.07) is 10.3. The number of hydrogen-bond acceptors (Lipinski definition) is 2. The lowest BCUT2D eigenvalue weighted by molar-refractivity contribution is -0.114. The molecule has 148 valence electrons. The van der Waals surface area contributed by atoms with E-state index in [9.17, 15) is 13.6 Å². The van der Waals surface area contributed by atoms with E-state index in [0.29, 0.717) is 17.5 Å². The number of benzene rings is 2. The van der Waals surface area contributed by atoms with Crippen molar-refractivity contribution in [3.63, 3.8) is 0 Å². The van der Waals surface area contributed by atoms with Gasteiger partial charge in [0.1, 0.15) is 11.6 Å². The second kappa shape index (κ2) is 8.00. The zero-order valence-corrected chi connectivity index (χ0v) is 16.2. The van der Waals surface area contributed by atoms with Gasteiger partial charge in [-0.2, -0.15) is 0 Å². The zero-order chi connectivity index (χ0) is 19.7. The quantitative estimate of drug-likeness (QED) is 0.819. The molecule has 0 aromatic heterocycles. The van der Waals surface area contributed by atoms with Gasteiger partial charge in [0.05, 0.1) is 0 Å². The molecule has 1 heterocycles. The van der Waals surface area contributed by atoms with E-state index in [0.717, 1.165) is 56.4 Å². The van der Waals surface area contributed by atoms with Crippen LogP contribution in [0.25, 0.3) is 0 Å². The van der Waals surface area contributed by atoms with Crippen molar-refractivity contribution in [2.24, 2.45) is 0 Å². The van der Waals surface area contributed by atoms with Gasteiger partial charge in [0.2, 0.25) is 5.91 Å². The van der Waals surface area contributed by atoms with Crippen LogP contribution >= 0.6 is 0 Å². The molecule has 1 N–H and O–H groups in total. The summed E-state index contributed by atoms with van der Waals surface area (Å²) >= 11 is 0. The Kier molecular flexibility index (Phi) is 5.44. The highest BCUT2D eigenvalue weighted by atomic mass is 19.1. The molecule has 1 fully saturated rings. The molecule has 0 spiro atoms. The van der Waals surface area contributed by atoms with Crippen molar-refractivity contribution in [2.75, 3.05) is 25.0 Å². The first-order valence-corrected chi connectivity index (χ1v) is 10.1. The number of likely N-dealkylation sites (tertiary alicyclic amines) is 1. The third-order valence-corrected chi connectivity index (χ3v) is 6.14. The third kappa shape index (κ3) is 4.09. The number of nitrogens with one attached hydrogen (secondary N) is 1. The van der Waals surface area contributed by atoms with Gasteiger partial charge in [-0.25, -0.2) is 8.78 Å². The number of rotatable bonds is 4. The number of hydrogen-bond donors (Lipinski definition) is 1. The summed E-state index contributed by atoms with van der Waals surface area (Å²) in [4.78, 5) is 13.8. The third-order valence-electron chi connectivity index (χ3n) is 6.14. The molecule has 0 saturated carbocycles. The molecule has 2 aromatic carbocycles. The van der Waals surface area contributed by atoms with Crippen LogP contribution in [-0.4, -0.2) is 30.4 Å². The lowest BCUT2D eigenvalue weighted by atomic mass is 9.88. The molecule has 2 aromatic rings. The predicted molar refractivity (Wildman–Crippen MR) is 107 cm³/mol. The summed E-state index contributed by atoms with van der Waals surface area (Å²) in [5, 5.41) is 2.71. The van der Waals surface area contributed by atoms with Gasteiger partial charge in [-0.15, -0.1) is 0 Å². The highest BCUT2D eigenvalue weighted by Crippen LogP contribution is 2.38. The fraction of sp³-hybridized carbons (Fsp3) is 0.435. The number of nitrogens with zero attached hydrogens (tertiary/aromatic N) is 1. The van der Waals surface area contributed by atoms with E-state index in [-0.39, 0.29) is 17.5 Å². The average Bonchev–Trinajstić information content (AvgIpc) is 3.06.